The summed E-state index contributed by atoms with van der Waals surface area (Å²) in [6.45, 7) is 3.00. The number of halogens is 1. The van der Waals surface area contributed by atoms with Gasteiger partial charge in [0.15, 0.2) is 5.78 Å². The van der Waals surface area contributed by atoms with E-state index in [1.54, 1.807) is 12.1 Å². The lowest BCUT2D eigenvalue weighted by molar-refractivity contribution is -0.123. The van der Waals surface area contributed by atoms with Crippen LogP contribution in [0.1, 0.15) is 87.4 Å². The Hall–Kier alpha value is -1.79. The number of likely N-dealkylation sites (tertiary alicyclic amines) is 1. The second-order valence-electron chi connectivity index (χ2n) is 11.0. The van der Waals surface area contributed by atoms with Crippen molar-refractivity contribution < 1.29 is 19.1 Å². The molecular formula is C28H41FN2O3. The van der Waals surface area contributed by atoms with Crippen molar-refractivity contribution in [2.75, 3.05) is 19.6 Å². The summed E-state index contributed by atoms with van der Waals surface area (Å²) in [7, 11) is 0. The Labute approximate surface area is 203 Å². The van der Waals surface area contributed by atoms with Crippen molar-refractivity contribution in [1.29, 1.82) is 0 Å². The van der Waals surface area contributed by atoms with E-state index in [2.05, 4.69) is 10.2 Å². The van der Waals surface area contributed by atoms with Crippen molar-refractivity contribution in [2.24, 2.45) is 17.8 Å². The van der Waals surface area contributed by atoms with Crippen molar-refractivity contribution >= 4 is 11.7 Å². The van der Waals surface area contributed by atoms with Crippen LogP contribution in [0, 0.1) is 23.6 Å². The molecule has 34 heavy (non-hydrogen) atoms. The molecule has 2 atom stereocenters. The van der Waals surface area contributed by atoms with Crippen LogP contribution in [0.25, 0.3) is 0 Å². The van der Waals surface area contributed by atoms with Gasteiger partial charge in [0.1, 0.15) is 5.82 Å². The number of hydrogen-bond donors (Lipinski definition) is 2. The molecule has 2 aliphatic carbocycles. The van der Waals surface area contributed by atoms with Crippen LogP contribution in [0.3, 0.4) is 0 Å². The SMILES string of the molecule is O=C(CC1CCCC(O)C1)NC1CCC(CCN2CCC(C(=O)c3ccc(F)cc3)CC2)CC1. The molecule has 4 rings (SSSR count). The highest BCUT2D eigenvalue weighted by Gasteiger charge is 2.28. The Kier molecular flexibility index (Phi) is 9.12. The van der Waals surface area contributed by atoms with E-state index in [1.165, 1.54) is 31.4 Å². The fourth-order valence-electron chi connectivity index (χ4n) is 6.23. The number of benzene rings is 1. The van der Waals surface area contributed by atoms with Gasteiger partial charge in [-0.25, -0.2) is 4.39 Å². The molecule has 1 aromatic rings. The highest BCUT2D eigenvalue weighted by Crippen LogP contribution is 2.30. The number of hydrogen-bond acceptors (Lipinski definition) is 4. The van der Waals surface area contributed by atoms with Gasteiger partial charge in [0.2, 0.25) is 5.91 Å². The lowest BCUT2D eigenvalue weighted by atomic mass is 9.83. The highest BCUT2D eigenvalue weighted by atomic mass is 19.1. The molecule has 3 aliphatic rings. The Morgan fingerprint density at radius 3 is 2.32 bits per heavy atom. The molecule has 5 nitrogen and oxygen atoms in total. The topological polar surface area (TPSA) is 69.6 Å². The molecule has 0 aromatic heterocycles. The molecule has 1 amide bonds. The molecule has 2 saturated carbocycles. The normalized spacial score (nSPS) is 29.0. The smallest absolute Gasteiger partial charge is 0.220 e. The van der Waals surface area contributed by atoms with Gasteiger partial charge in [-0.2, -0.15) is 0 Å². The number of ketones is 1. The number of amides is 1. The third kappa shape index (κ3) is 7.35. The van der Waals surface area contributed by atoms with Crippen molar-refractivity contribution in [3.05, 3.63) is 35.6 Å². The van der Waals surface area contributed by atoms with Gasteiger partial charge in [-0.3, -0.25) is 9.59 Å². The fourth-order valence-corrected chi connectivity index (χ4v) is 6.23. The van der Waals surface area contributed by atoms with Gasteiger partial charge < -0.3 is 15.3 Å². The predicted molar refractivity (Wildman–Crippen MR) is 131 cm³/mol. The first kappa shape index (κ1) is 25.3. The quantitative estimate of drug-likeness (QED) is 0.537. The van der Waals surface area contributed by atoms with E-state index in [4.69, 9.17) is 0 Å². The van der Waals surface area contributed by atoms with Gasteiger partial charge in [-0.1, -0.05) is 6.42 Å². The Bertz CT molecular complexity index is 798. The summed E-state index contributed by atoms with van der Waals surface area (Å²) in [6, 6.07) is 6.24. The molecule has 6 heteroatoms. The number of carbonyl (C=O) groups is 2. The molecule has 0 bridgehead atoms. The average molecular weight is 473 g/mol. The van der Waals surface area contributed by atoms with Gasteiger partial charge >= 0.3 is 0 Å². The van der Waals surface area contributed by atoms with Crippen molar-refractivity contribution in [3.8, 4) is 0 Å². The summed E-state index contributed by atoms with van der Waals surface area (Å²) >= 11 is 0. The number of aliphatic hydroxyl groups is 1. The van der Waals surface area contributed by atoms with Gasteiger partial charge in [0.25, 0.3) is 0 Å². The molecule has 0 radical (unpaired) electrons. The molecule has 0 spiro atoms. The van der Waals surface area contributed by atoms with Crippen molar-refractivity contribution in [2.45, 2.75) is 89.2 Å². The van der Waals surface area contributed by atoms with Crippen LogP contribution in [0.4, 0.5) is 4.39 Å². The van der Waals surface area contributed by atoms with E-state index in [1.807, 2.05) is 0 Å². The predicted octanol–water partition coefficient (Wildman–Crippen LogP) is 4.73. The zero-order valence-corrected chi connectivity index (χ0v) is 20.4. The summed E-state index contributed by atoms with van der Waals surface area (Å²) in [4.78, 5) is 27.6. The maximum absolute atomic E-state index is 13.1. The summed E-state index contributed by atoms with van der Waals surface area (Å²) in [5, 5.41) is 13.1. The third-order valence-electron chi connectivity index (χ3n) is 8.38. The highest BCUT2D eigenvalue weighted by molar-refractivity contribution is 5.97. The number of nitrogens with zero attached hydrogens (tertiary/aromatic N) is 1. The molecule has 1 saturated heterocycles. The maximum atomic E-state index is 13.1. The number of rotatable bonds is 8. The van der Waals surface area contributed by atoms with Gasteiger partial charge in [-0.05, 0) is 120 Å². The van der Waals surface area contributed by atoms with E-state index >= 15 is 0 Å². The Morgan fingerprint density at radius 1 is 0.941 bits per heavy atom. The van der Waals surface area contributed by atoms with E-state index in [-0.39, 0.29) is 29.5 Å². The minimum Gasteiger partial charge on any atom is -0.393 e. The van der Waals surface area contributed by atoms with Crippen molar-refractivity contribution in [1.82, 2.24) is 10.2 Å². The first-order valence-electron chi connectivity index (χ1n) is 13.5. The minimum absolute atomic E-state index is 0.0534. The summed E-state index contributed by atoms with van der Waals surface area (Å²) in [5.74, 6) is 1.14. The van der Waals surface area contributed by atoms with Gasteiger partial charge in [0.05, 0.1) is 6.10 Å². The molecule has 3 fully saturated rings. The van der Waals surface area contributed by atoms with E-state index < -0.39 is 0 Å². The molecule has 2 N–H and O–H groups in total. The summed E-state index contributed by atoms with van der Waals surface area (Å²) in [6.07, 6.45) is 11.5. The molecule has 1 aliphatic heterocycles. The molecule has 1 heterocycles. The van der Waals surface area contributed by atoms with Gasteiger partial charge in [-0.15, -0.1) is 0 Å². The average Bonchev–Trinajstić information content (AvgIpc) is 2.84. The zero-order chi connectivity index (χ0) is 23.9. The molecule has 188 valence electrons. The zero-order valence-electron chi connectivity index (χ0n) is 20.4. The van der Waals surface area contributed by atoms with E-state index in [0.29, 0.717) is 23.9 Å². The summed E-state index contributed by atoms with van der Waals surface area (Å²) in [5.41, 5.74) is 0.625. The van der Waals surface area contributed by atoms with E-state index in [9.17, 15) is 19.1 Å². The number of piperidine rings is 1. The van der Waals surface area contributed by atoms with Crippen LogP contribution in [-0.4, -0.2) is 53.5 Å². The largest absolute Gasteiger partial charge is 0.393 e. The molecule has 2 unspecified atom stereocenters. The monoisotopic (exact) mass is 472 g/mol. The lowest BCUT2D eigenvalue weighted by Gasteiger charge is -2.34. The van der Waals surface area contributed by atoms with Crippen LogP contribution in [0.2, 0.25) is 0 Å². The van der Waals surface area contributed by atoms with Gasteiger partial charge in [0, 0.05) is 23.9 Å². The first-order valence-corrected chi connectivity index (χ1v) is 13.5. The number of carbonyl (C=O) groups excluding carboxylic acids is 2. The fraction of sp³-hybridized carbons (Fsp3) is 0.714. The second-order valence-corrected chi connectivity index (χ2v) is 11.0. The van der Waals surface area contributed by atoms with Crippen LogP contribution in [0.5, 0.6) is 0 Å². The Morgan fingerprint density at radius 2 is 1.65 bits per heavy atom. The second kappa shape index (κ2) is 12.3. The number of aliphatic hydroxyl groups excluding tert-OH is 1. The van der Waals surface area contributed by atoms with Crippen LogP contribution >= 0.6 is 0 Å². The molecular weight excluding hydrogens is 431 g/mol. The van der Waals surface area contributed by atoms with E-state index in [0.717, 1.165) is 76.9 Å². The summed E-state index contributed by atoms with van der Waals surface area (Å²) < 4.78 is 13.1. The van der Waals surface area contributed by atoms with Crippen LogP contribution in [0.15, 0.2) is 24.3 Å². The number of Topliss-reactive ketones (excluding diaryl/α,β-unsaturated/α-hetero) is 1. The third-order valence-corrected chi connectivity index (χ3v) is 8.38. The first-order chi connectivity index (χ1) is 16.5. The lowest BCUT2D eigenvalue weighted by Crippen LogP contribution is -2.40. The van der Waals surface area contributed by atoms with Crippen LogP contribution < -0.4 is 5.32 Å². The standard InChI is InChI=1S/C28H41FN2O3/c29-24-8-6-22(7-9-24)28(34)23-13-16-31(17-14-23)15-12-20-4-10-25(11-5-20)30-27(33)19-21-2-1-3-26(32)18-21/h6-9,20-21,23,25-26,32H,1-5,10-19H2,(H,30,33). The van der Waals surface area contributed by atoms with Crippen molar-refractivity contribution in [3.63, 3.8) is 0 Å². The maximum Gasteiger partial charge on any atom is 0.220 e. The minimum atomic E-state index is -0.303. The van der Waals surface area contributed by atoms with Crippen LogP contribution in [-0.2, 0) is 4.79 Å². The number of nitrogens with one attached hydrogen (secondary N) is 1. The Balaban J connectivity index is 1.09. The molecule has 1 aromatic carbocycles.